The van der Waals surface area contributed by atoms with E-state index in [2.05, 4.69) is 21.2 Å². The summed E-state index contributed by atoms with van der Waals surface area (Å²) in [7, 11) is 0. The van der Waals surface area contributed by atoms with E-state index in [1.807, 2.05) is 13.0 Å². The Kier molecular flexibility index (Phi) is 5.87. The standard InChI is InChI=1S/C17H15BrFNO3/c1-11-6-7-13(9-14(11)18)20-16(21)10-23-17(22)8-12-4-2-3-5-15(12)19/h2-7,9H,8,10H2,1H3,(H,20,21). The maximum Gasteiger partial charge on any atom is 0.310 e. The molecule has 2 aromatic rings. The zero-order chi connectivity index (χ0) is 16.8. The molecule has 0 radical (unpaired) electrons. The van der Waals surface area contributed by atoms with Gasteiger partial charge in [0.1, 0.15) is 5.82 Å². The average Bonchev–Trinajstić information content (AvgIpc) is 2.51. The molecule has 0 atom stereocenters. The third-order valence-electron chi connectivity index (χ3n) is 3.11. The van der Waals surface area contributed by atoms with Gasteiger partial charge >= 0.3 is 5.97 Å². The summed E-state index contributed by atoms with van der Waals surface area (Å²) in [5.41, 5.74) is 1.87. The first-order chi connectivity index (χ1) is 11.0. The molecule has 4 nitrogen and oxygen atoms in total. The van der Waals surface area contributed by atoms with Gasteiger partial charge in [-0.1, -0.05) is 40.2 Å². The number of ether oxygens (including phenoxy) is 1. The van der Waals surface area contributed by atoms with Gasteiger partial charge in [0, 0.05) is 10.2 Å². The molecule has 0 aliphatic carbocycles. The van der Waals surface area contributed by atoms with Gasteiger partial charge in [0.05, 0.1) is 6.42 Å². The van der Waals surface area contributed by atoms with Gasteiger partial charge in [-0.05, 0) is 36.2 Å². The number of benzene rings is 2. The molecule has 0 aliphatic rings. The van der Waals surface area contributed by atoms with Crippen molar-refractivity contribution in [2.75, 3.05) is 11.9 Å². The second kappa shape index (κ2) is 7.87. The van der Waals surface area contributed by atoms with Gasteiger partial charge in [-0.2, -0.15) is 0 Å². The number of rotatable bonds is 5. The fourth-order valence-electron chi connectivity index (χ4n) is 1.86. The Morgan fingerprint density at radius 1 is 1.22 bits per heavy atom. The predicted molar refractivity (Wildman–Crippen MR) is 88.6 cm³/mol. The third-order valence-corrected chi connectivity index (χ3v) is 3.97. The van der Waals surface area contributed by atoms with E-state index in [4.69, 9.17) is 4.74 Å². The molecule has 1 amide bonds. The number of hydrogen-bond acceptors (Lipinski definition) is 3. The number of anilines is 1. The number of carbonyl (C=O) groups is 2. The summed E-state index contributed by atoms with van der Waals surface area (Å²) < 4.78 is 19.1. The molecule has 0 aromatic heterocycles. The van der Waals surface area contributed by atoms with Gasteiger partial charge in [0.15, 0.2) is 6.61 Å². The number of carbonyl (C=O) groups excluding carboxylic acids is 2. The molecule has 0 saturated carbocycles. The summed E-state index contributed by atoms with van der Waals surface area (Å²) in [6.07, 6.45) is -0.212. The van der Waals surface area contributed by atoms with E-state index in [0.29, 0.717) is 5.69 Å². The highest BCUT2D eigenvalue weighted by molar-refractivity contribution is 9.10. The Morgan fingerprint density at radius 2 is 1.96 bits per heavy atom. The van der Waals surface area contributed by atoms with Crippen molar-refractivity contribution in [1.82, 2.24) is 0 Å². The Morgan fingerprint density at radius 3 is 2.65 bits per heavy atom. The normalized spacial score (nSPS) is 10.2. The largest absolute Gasteiger partial charge is 0.455 e. The van der Waals surface area contributed by atoms with Crippen LogP contribution in [-0.4, -0.2) is 18.5 Å². The minimum absolute atomic E-state index is 0.212. The maximum atomic E-state index is 13.4. The highest BCUT2D eigenvalue weighted by atomic mass is 79.9. The molecule has 0 unspecified atom stereocenters. The second-order valence-corrected chi connectivity index (χ2v) is 5.80. The molecule has 0 heterocycles. The van der Waals surface area contributed by atoms with E-state index in [1.165, 1.54) is 18.2 Å². The number of amides is 1. The van der Waals surface area contributed by atoms with Crippen LogP contribution in [0.4, 0.5) is 10.1 Å². The monoisotopic (exact) mass is 379 g/mol. The summed E-state index contributed by atoms with van der Waals surface area (Å²) in [5.74, 6) is -1.59. The van der Waals surface area contributed by atoms with Gasteiger partial charge < -0.3 is 10.1 Å². The molecule has 1 N–H and O–H groups in total. The molecular weight excluding hydrogens is 365 g/mol. The SMILES string of the molecule is Cc1ccc(NC(=O)COC(=O)Cc2ccccc2F)cc1Br. The Labute approximate surface area is 141 Å². The van der Waals surface area contributed by atoms with Crippen molar-refractivity contribution in [3.8, 4) is 0 Å². The molecular formula is C17H15BrFNO3. The summed E-state index contributed by atoms with van der Waals surface area (Å²) in [6, 6.07) is 11.3. The lowest BCUT2D eigenvalue weighted by Gasteiger charge is -2.08. The predicted octanol–water partition coefficient (Wildman–Crippen LogP) is 3.62. The van der Waals surface area contributed by atoms with Crippen molar-refractivity contribution in [2.45, 2.75) is 13.3 Å². The minimum atomic E-state index is -0.657. The Bertz CT molecular complexity index is 734. The zero-order valence-corrected chi connectivity index (χ0v) is 14.0. The topological polar surface area (TPSA) is 55.4 Å². The van der Waals surface area contributed by atoms with Gasteiger partial charge in [-0.15, -0.1) is 0 Å². The number of nitrogens with one attached hydrogen (secondary N) is 1. The van der Waals surface area contributed by atoms with E-state index in [0.717, 1.165) is 10.0 Å². The number of esters is 1. The number of hydrogen-bond donors (Lipinski definition) is 1. The van der Waals surface area contributed by atoms with E-state index in [9.17, 15) is 14.0 Å². The summed E-state index contributed by atoms with van der Waals surface area (Å²) in [4.78, 5) is 23.4. The van der Waals surface area contributed by atoms with Crippen LogP contribution in [0.2, 0.25) is 0 Å². The lowest BCUT2D eigenvalue weighted by molar-refractivity contribution is -0.146. The van der Waals surface area contributed by atoms with E-state index in [-0.39, 0.29) is 12.0 Å². The molecule has 0 spiro atoms. The van der Waals surface area contributed by atoms with Crippen LogP contribution >= 0.6 is 15.9 Å². The summed E-state index contributed by atoms with van der Waals surface area (Å²) in [6.45, 7) is 1.51. The highest BCUT2D eigenvalue weighted by Crippen LogP contribution is 2.20. The molecule has 0 aliphatic heterocycles. The highest BCUT2D eigenvalue weighted by Gasteiger charge is 2.11. The molecule has 6 heteroatoms. The summed E-state index contributed by atoms with van der Waals surface area (Å²) >= 11 is 3.37. The smallest absolute Gasteiger partial charge is 0.310 e. The van der Waals surface area contributed by atoms with Crippen molar-refractivity contribution in [2.24, 2.45) is 0 Å². The van der Waals surface area contributed by atoms with Crippen LogP contribution in [0.5, 0.6) is 0 Å². The minimum Gasteiger partial charge on any atom is -0.455 e. The van der Waals surface area contributed by atoms with Crippen molar-refractivity contribution in [3.63, 3.8) is 0 Å². The van der Waals surface area contributed by atoms with Crippen molar-refractivity contribution < 1.29 is 18.7 Å². The van der Waals surface area contributed by atoms with Gasteiger partial charge in [0.2, 0.25) is 0 Å². The molecule has 0 bridgehead atoms. The van der Waals surface area contributed by atoms with Gasteiger partial charge in [0.25, 0.3) is 5.91 Å². The van der Waals surface area contributed by atoms with Crippen LogP contribution in [0.1, 0.15) is 11.1 Å². The Hall–Kier alpha value is -2.21. The quantitative estimate of drug-likeness (QED) is 0.807. The molecule has 2 aromatic carbocycles. The van der Waals surface area contributed by atoms with Crippen LogP contribution in [0.15, 0.2) is 46.9 Å². The van der Waals surface area contributed by atoms with Crippen LogP contribution < -0.4 is 5.32 Å². The van der Waals surface area contributed by atoms with E-state index >= 15 is 0 Å². The number of aryl methyl sites for hydroxylation is 1. The fourth-order valence-corrected chi connectivity index (χ4v) is 2.24. The second-order valence-electron chi connectivity index (χ2n) is 4.94. The van der Waals surface area contributed by atoms with E-state index < -0.39 is 24.3 Å². The van der Waals surface area contributed by atoms with Gasteiger partial charge in [-0.25, -0.2) is 4.39 Å². The van der Waals surface area contributed by atoms with Crippen LogP contribution in [0.25, 0.3) is 0 Å². The van der Waals surface area contributed by atoms with Crippen molar-refractivity contribution in [1.29, 1.82) is 0 Å². The van der Waals surface area contributed by atoms with Gasteiger partial charge in [-0.3, -0.25) is 9.59 Å². The Balaban J connectivity index is 1.83. The first kappa shape index (κ1) is 17.1. The zero-order valence-electron chi connectivity index (χ0n) is 12.4. The first-order valence-electron chi connectivity index (χ1n) is 6.91. The molecule has 0 saturated heterocycles. The molecule has 120 valence electrons. The lowest BCUT2D eigenvalue weighted by atomic mass is 10.1. The molecule has 2 rings (SSSR count). The average molecular weight is 380 g/mol. The summed E-state index contributed by atoms with van der Waals surface area (Å²) in [5, 5.41) is 2.62. The lowest BCUT2D eigenvalue weighted by Crippen LogP contribution is -2.21. The molecule has 0 fully saturated rings. The van der Waals surface area contributed by atoms with Crippen molar-refractivity contribution in [3.05, 3.63) is 63.9 Å². The first-order valence-corrected chi connectivity index (χ1v) is 7.70. The fraction of sp³-hybridized carbons (Fsp3) is 0.176. The third kappa shape index (κ3) is 5.17. The van der Waals surface area contributed by atoms with Crippen LogP contribution in [0, 0.1) is 12.7 Å². The number of halogens is 2. The van der Waals surface area contributed by atoms with Crippen LogP contribution in [0.3, 0.4) is 0 Å². The van der Waals surface area contributed by atoms with Crippen molar-refractivity contribution >= 4 is 33.5 Å². The van der Waals surface area contributed by atoms with E-state index in [1.54, 1.807) is 18.2 Å². The maximum absolute atomic E-state index is 13.4. The molecule has 23 heavy (non-hydrogen) atoms. The van der Waals surface area contributed by atoms with Crippen LogP contribution in [-0.2, 0) is 20.7 Å².